The molecule has 2 aliphatic heterocycles. The van der Waals surface area contributed by atoms with Crippen molar-refractivity contribution in [3.63, 3.8) is 0 Å². The van der Waals surface area contributed by atoms with Crippen LogP contribution in [0, 0.1) is 94.6 Å². The third-order valence-corrected chi connectivity index (χ3v) is 23.2. The van der Waals surface area contributed by atoms with E-state index < -0.39 is 92.0 Å². The summed E-state index contributed by atoms with van der Waals surface area (Å²) in [7, 11) is -3.40. The Labute approximate surface area is 703 Å². The molecular weight excluding hydrogens is 1570 g/mol. The van der Waals surface area contributed by atoms with Crippen LogP contribution in [0.1, 0.15) is 142 Å². The summed E-state index contributed by atoms with van der Waals surface area (Å²) in [5, 5.41) is 28.4. The first-order chi connectivity index (χ1) is 57.0. The summed E-state index contributed by atoms with van der Waals surface area (Å²) in [6.45, 7) is 21.1. The predicted octanol–water partition coefficient (Wildman–Crippen LogP) is 17.7. The number of sulfone groups is 1. The molecule has 7 atom stereocenters. The number of nitrogens with zero attached hydrogens (tertiary/aromatic N) is 2. The number of carboxylic acid groups (broad SMARTS) is 3. The van der Waals surface area contributed by atoms with Crippen molar-refractivity contribution < 1.29 is 104 Å². The van der Waals surface area contributed by atoms with Gasteiger partial charge in [0.25, 0.3) is 0 Å². The Hall–Kier alpha value is -12.4. The minimum absolute atomic E-state index is 0.0992. The van der Waals surface area contributed by atoms with Crippen molar-refractivity contribution in [1.29, 1.82) is 0 Å². The number of aryl methyl sites for hydroxylation is 7. The molecule has 1 unspecified atom stereocenters. The van der Waals surface area contributed by atoms with Gasteiger partial charge in [0.2, 0.25) is 0 Å². The van der Waals surface area contributed by atoms with Gasteiger partial charge < -0.3 is 53.5 Å². The summed E-state index contributed by atoms with van der Waals surface area (Å²) in [5.41, 5.74) is 4.66. The summed E-state index contributed by atoms with van der Waals surface area (Å²) < 4.78 is 85.0. The number of para-hydroxylation sites is 3. The van der Waals surface area contributed by atoms with Gasteiger partial charge in [0.15, 0.2) is 44.0 Å². The first-order valence-electron chi connectivity index (χ1n) is 39.9. The van der Waals surface area contributed by atoms with Crippen LogP contribution in [-0.4, -0.2) is 136 Å². The summed E-state index contributed by atoms with van der Waals surface area (Å²) in [6.07, 6.45) is 3.18. The molecule has 1 saturated carbocycles. The van der Waals surface area contributed by atoms with Gasteiger partial charge in [-0.15, -0.1) is 0 Å². The van der Waals surface area contributed by atoms with E-state index in [1.54, 1.807) is 72.8 Å². The van der Waals surface area contributed by atoms with Crippen molar-refractivity contribution in [1.82, 2.24) is 9.80 Å². The smallest absolute Gasteiger partial charge is 0.415 e. The van der Waals surface area contributed by atoms with Crippen LogP contribution >= 0.6 is 0 Å². The minimum Gasteiger partial charge on any atom is -0.478 e. The standard InChI is InChI=1S/C34H38O8S.2C31H32FNO6/c1-21-17-23(18-22(2)31(21)42-34(3,4)33(37)38)11-12-25-19-26(32(36)41-27-9-7-6-8-10-27)20-29(25)30(35)24-13-15-28(16-14-24)43(5,39)40;2*1-19-14-21(15-20(2)28(19)39-31(3,4)29(35)36)16-23-17-33(30(37)38-25-8-6-5-7-9-25)18-26(23)27(34)22-10-12-24(32)13-11-22/h6-10,13-18,25-26,29H,11-12,19-20H2,1-5H3,(H,37,38);2*5-15,23,26H,16-18H2,1-4H3,(H,35,36)/t25-,26?,29-;2*23-,26-/m110/s1. The number of aliphatic carboxylic acids is 3. The highest BCUT2D eigenvalue weighted by Gasteiger charge is 2.45. The number of ether oxygens (including phenoxy) is 6. The monoisotopic (exact) mass is 1670 g/mol. The number of ketones is 3. The van der Waals surface area contributed by atoms with Crippen LogP contribution in [0.4, 0.5) is 18.4 Å². The molecule has 0 spiro atoms. The van der Waals surface area contributed by atoms with Crippen LogP contribution in [0.3, 0.4) is 0 Å². The number of esters is 1. The van der Waals surface area contributed by atoms with E-state index in [0.29, 0.717) is 103 Å². The van der Waals surface area contributed by atoms with E-state index >= 15 is 0 Å². The van der Waals surface area contributed by atoms with Crippen LogP contribution in [0.5, 0.6) is 34.5 Å². The number of halogens is 2. The average molecular weight is 1670 g/mol. The molecule has 2 amide bonds. The Bertz CT molecular complexity index is 5130. The van der Waals surface area contributed by atoms with Crippen molar-refractivity contribution in [2.75, 3.05) is 32.4 Å². The molecule has 12 rings (SSSR count). The summed E-state index contributed by atoms with van der Waals surface area (Å²) >= 11 is 0. The number of hydrogen-bond acceptors (Lipinski definition) is 17. The van der Waals surface area contributed by atoms with Gasteiger partial charge in [-0.1, -0.05) is 103 Å². The second-order valence-electron chi connectivity index (χ2n) is 33.0. The highest BCUT2D eigenvalue weighted by molar-refractivity contribution is 7.90. The lowest BCUT2D eigenvalue weighted by atomic mass is 9.84. The van der Waals surface area contributed by atoms with E-state index in [1.807, 2.05) is 96.1 Å². The van der Waals surface area contributed by atoms with Crippen LogP contribution < -0.4 is 28.4 Å². The Morgan fingerprint density at radius 2 is 0.702 bits per heavy atom. The molecule has 9 aromatic rings. The van der Waals surface area contributed by atoms with Gasteiger partial charge in [-0.3, -0.25) is 19.2 Å². The lowest BCUT2D eigenvalue weighted by Gasteiger charge is -2.25. The SMILES string of the molecule is Cc1cc(CC[C@@H]2CC(C(=O)Oc3ccccc3)C[C@H]2C(=O)c2ccc(S(C)(=O)=O)cc2)cc(C)c1OC(C)(C)C(=O)O.Cc1cc(C[C@@H]2CN(C(=O)Oc3ccccc3)C[C@H]2C(=O)c2ccc(F)cc2)cc(C)c1OC(C)(C)C(=O)O.Cc1cc(C[C@H]2CN(C(=O)Oc3ccccc3)C[C@@H]2C(=O)c2ccc(F)cc2)cc(C)c1OC(C)(C)C(=O)O. The number of amides is 2. The first kappa shape index (κ1) is 90.9. The van der Waals surface area contributed by atoms with Crippen molar-refractivity contribution in [2.24, 2.45) is 41.4 Å². The Kier molecular flexibility index (Phi) is 29.1. The second-order valence-corrected chi connectivity index (χ2v) is 35.0. The first-order valence-corrected chi connectivity index (χ1v) is 41.8. The quantitative estimate of drug-likeness (QED) is 0.0245. The normalized spacial score (nSPS) is 17.7. The zero-order chi connectivity index (χ0) is 88.2. The summed E-state index contributed by atoms with van der Waals surface area (Å²) in [6, 6.07) is 54.8. The predicted molar refractivity (Wildman–Crippen MR) is 450 cm³/mol. The zero-order valence-corrected chi connectivity index (χ0v) is 70.8. The Balaban J connectivity index is 0.000000191. The number of carboxylic acids is 3. The van der Waals surface area contributed by atoms with Gasteiger partial charge >= 0.3 is 36.1 Å². The maximum Gasteiger partial charge on any atom is 0.415 e. The second kappa shape index (κ2) is 38.8. The van der Waals surface area contributed by atoms with Gasteiger partial charge in [0.05, 0.1) is 10.8 Å². The Morgan fingerprint density at radius 3 is 1.02 bits per heavy atom. The molecule has 3 aliphatic rings. The van der Waals surface area contributed by atoms with Crippen molar-refractivity contribution >= 4 is 63.3 Å². The topological polar surface area (TPSA) is 310 Å². The van der Waals surface area contributed by atoms with Crippen LogP contribution in [-0.2, 0) is 48.3 Å². The molecule has 3 N–H and O–H groups in total. The molecule has 25 heteroatoms. The average Bonchev–Trinajstić information content (AvgIpc) is 1.64. The van der Waals surface area contributed by atoms with E-state index in [2.05, 4.69) is 0 Å². The maximum atomic E-state index is 13.7. The van der Waals surface area contributed by atoms with Crippen molar-refractivity contribution in [2.45, 2.75) is 143 Å². The van der Waals surface area contributed by atoms with Crippen LogP contribution in [0.25, 0.3) is 0 Å². The molecule has 22 nitrogen and oxygen atoms in total. The van der Waals surface area contributed by atoms with E-state index in [4.69, 9.17) is 28.4 Å². The molecule has 2 heterocycles. The van der Waals surface area contributed by atoms with Crippen molar-refractivity contribution in [3.05, 3.63) is 279 Å². The fourth-order valence-electron chi connectivity index (χ4n) is 15.6. The largest absolute Gasteiger partial charge is 0.478 e. The Morgan fingerprint density at radius 1 is 0.397 bits per heavy atom. The van der Waals surface area contributed by atoms with E-state index in [-0.39, 0.29) is 59.1 Å². The zero-order valence-electron chi connectivity index (χ0n) is 70.0. The van der Waals surface area contributed by atoms with Gasteiger partial charge in [0.1, 0.15) is 46.1 Å². The number of hydrogen-bond donors (Lipinski definition) is 3. The van der Waals surface area contributed by atoms with Gasteiger partial charge in [-0.05, 0) is 286 Å². The molecular formula is C96H102F2N2O20S. The lowest BCUT2D eigenvalue weighted by molar-refractivity contribution is -0.152. The number of benzene rings is 9. The van der Waals surface area contributed by atoms with E-state index in [0.717, 1.165) is 56.3 Å². The molecule has 2 saturated heterocycles. The van der Waals surface area contributed by atoms with Crippen LogP contribution in [0.15, 0.2) is 205 Å². The number of likely N-dealkylation sites (tertiary alicyclic amines) is 2. The fourth-order valence-corrected chi connectivity index (χ4v) is 16.2. The molecule has 3 fully saturated rings. The van der Waals surface area contributed by atoms with Gasteiger partial charge in [0, 0.05) is 66.9 Å². The fraction of sp³-hybridized carbons (Fsp3) is 0.344. The molecule has 0 bridgehead atoms. The van der Waals surface area contributed by atoms with Crippen molar-refractivity contribution in [3.8, 4) is 34.5 Å². The molecule has 0 aromatic heterocycles. The minimum atomic E-state index is -3.40. The van der Waals surface area contributed by atoms with E-state index in [1.165, 1.54) is 124 Å². The van der Waals surface area contributed by atoms with Crippen LogP contribution in [0.2, 0.25) is 0 Å². The van der Waals surface area contributed by atoms with Gasteiger partial charge in [-0.2, -0.15) is 0 Å². The third kappa shape index (κ3) is 23.6. The molecule has 121 heavy (non-hydrogen) atoms. The van der Waals surface area contributed by atoms with E-state index in [9.17, 15) is 75.7 Å². The molecule has 0 radical (unpaired) electrons. The number of Topliss-reactive ketones (excluding diaryl/α,β-unsaturated/α-hetero) is 3. The summed E-state index contributed by atoms with van der Waals surface area (Å²) in [5.74, 6) is -4.47. The highest BCUT2D eigenvalue weighted by atomic mass is 32.2. The summed E-state index contributed by atoms with van der Waals surface area (Å²) in [4.78, 5) is 118. The molecule has 9 aromatic carbocycles. The third-order valence-electron chi connectivity index (χ3n) is 22.1. The number of carbonyl (C=O) groups is 9. The molecule has 1 aliphatic carbocycles. The number of rotatable bonds is 27. The highest BCUT2D eigenvalue weighted by Crippen LogP contribution is 2.44. The van der Waals surface area contributed by atoms with Gasteiger partial charge in [-0.25, -0.2) is 41.2 Å². The molecule has 636 valence electrons. The number of carbonyl (C=O) groups excluding carboxylic acids is 6. The lowest BCUT2D eigenvalue weighted by Crippen LogP contribution is -2.38. The maximum absolute atomic E-state index is 13.7.